The van der Waals surface area contributed by atoms with Crippen LogP contribution in [0.15, 0.2) is 6.20 Å². The van der Waals surface area contributed by atoms with Gasteiger partial charge in [0.25, 0.3) is 0 Å². The summed E-state index contributed by atoms with van der Waals surface area (Å²) in [5, 5.41) is 7.91. The summed E-state index contributed by atoms with van der Waals surface area (Å²) in [6.45, 7) is 13.9. The Morgan fingerprint density at radius 1 is 1.39 bits per heavy atom. The van der Waals surface area contributed by atoms with Crippen LogP contribution in [0, 0.1) is 6.92 Å². The largest absolute Gasteiger partial charge is 0.374 e. The maximum Gasteiger partial charge on any atom is 0.0669 e. The van der Waals surface area contributed by atoms with Gasteiger partial charge in [0.1, 0.15) is 0 Å². The summed E-state index contributed by atoms with van der Waals surface area (Å²) in [7, 11) is 0. The van der Waals surface area contributed by atoms with E-state index in [1.54, 1.807) is 0 Å². The van der Waals surface area contributed by atoms with Gasteiger partial charge in [-0.1, -0.05) is 6.92 Å². The summed E-state index contributed by atoms with van der Waals surface area (Å²) in [6, 6.07) is 0. The van der Waals surface area contributed by atoms with Crippen LogP contribution in [0.25, 0.3) is 0 Å². The molecule has 0 amide bonds. The summed E-state index contributed by atoms with van der Waals surface area (Å²) >= 11 is 0. The van der Waals surface area contributed by atoms with Crippen LogP contribution in [0.3, 0.4) is 0 Å². The van der Waals surface area contributed by atoms with Gasteiger partial charge in [-0.25, -0.2) is 0 Å². The van der Waals surface area contributed by atoms with E-state index in [9.17, 15) is 0 Å². The van der Waals surface area contributed by atoms with E-state index in [-0.39, 0.29) is 5.60 Å². The van der Waals surface area contributed by atoms with Crippen molar-refractivity contribution in [2.24, 2.45) is 0 Å². The lowest BCUT2D eigenvalue weighted by atomic mass is 10.2. The molecule has 1 aromatic rings. The molecule has 0 aromatic carbocycles. The molecule has 0 aliphatic heterocycles. The van der Waals surface area contributed by atoms with Gasteiger partial charge in [0.15, 0.2) is 0 Å². The Hall–Kier alpha value is -0.870. The third-order valence-electron chi connectivity index (χ3n) is 2.65. The van der Waals surface area contributed by atoms with E-state index in [0.29, 0.717) is 6.61 Å². The minimum absolute atomic E-state index is 0.0757. The molecule has 1 aromatic heterocycles. The summed E-state index contributed by atoms with van der Waals surface area (Å²) in [6.07, 6.45) is 3.27. The second kappa shape index (κ2) is 6.90. The lowest BCUT2D eigenvalue weighted by Gasteiger charge is -2.19. The third-order valence-corrected chi connectivity index (χ3v) is 2.65. The average Bonchev–Trinajstić information content (AvgIpc) is 2.58. The number of hydrogen-bond acceptors (Lipinski definition) is 3. The number of nitrogens with one attached hydrogen (secondary N) is 1. The second-order valence-corrected chi connectivity index (χ2v) is 5.64. The van der Waals surface area contributed by atoms with Gasteiger partial charge in [-0.15, -0.1) is 0 Å². The van der Waals surface area contributed by atoms with Gasteiger partial charge < -0.3 is 10.1 Å². The Kier molecular flexibility index (Phi) is 5.82. The zero-order chi connectivity index (χ0) is 13.6. The number of nitrogens with zero attached hydrogens (tertiary/aromatic N) is 2. The van der Waals surface area contributed by atoms with Crippen molar-refractivity contribution < 1.29 is 4.74 Å². The van der Waals surface area contributed by atoms with Crippen LogP contribution in [0.1, 0.15) is 45.4 Å². The lowest BCUT2D eigenvalue weighted by molar-refractivity contribution is -0.00791. The molecule has 4 nitrogen and oxygen atoms in total. The molecule has 0 spiro atoms. The van der Waals surface area contributed by atoms with Gasteiger partial charge in [-0.05, 0) is 40.7 Å². The first kappa shape index (κ1) is 15.2. The van der Waals surface area contributed by atoms with E-state index >= 15 is 0 Å². The molecule has 0 radical (unpaired) electrons. The molecule has 0 unspecified atom stereocenters. The fourth-order valence-corrected chi connectivity index (χ4v) is 1.69. The lowest BCUT2D eigenvalue weighted by Crippen LogP contribution is -2.22. The quantitative estimate of drug-likeness (QED) is 0.759. The van der Waals surface area contributed by atoms with Crippen LogP contribution in [-0.4, -0.2) is 28.5 Å². The second-order valence-electron chi connectivity index (χ2n) is 5.64. The standard InChI is InChI=1S/C14H27N3O/c1-6-7-15-10-13-11-17(16-12(13)2)8-9-18-14(3,4)5/h11,15H,6-10H2,1-5H3. The zero-order valence-corrected chi connectivity index (χ0v) is 12.4. The van der Waals surface area contributed by atoms with Gasteiger partial charge in [0.05, 0.1) is 24.4 Å². The molecule has 0 bridgehead atoms. The van der Waals surface area contributed by atoms with Crippen molar-refractivity contribution in [1.82, 2.24) is 15.1 Å². The third kappa shape index (κ3) is 5.65. The highest BCUT2D eigenvalue weighted by molar-refractivity contribution is 5.14. The van der Waals surface area contributed by atoms with Crippen molar-refractivity contribution in [1.29, 1.82) is 0 Å². The van der Waals surface area contributed by atoms with Crippen LogP contribution in [0.2, 0.25) is 0 Å². The topological polar surface area (TPSA) is 39.1 Å². The summed E-state index contributed by atoms with van der Waals surface area (Å²) in [5.41, 5.74) is 2.31. The molecule has 0 aliphatic rings. The van der Waals surface area contributed by atoms with Gasteiger partial charge in [-0.3, -0.25) is 4.68 Å². The molecule has 104 valence electrons. The molecular formula is C14H27N3O. The maximum absolute atomic E-state index is 5.70. The molecule has 0 fully saturated rings. The Morgan fingerprint density at radius 3 is 2.72 bits per heavy atom. The van der Waals surface area contributed by atoms with Crippen molar-refractivity contribution in [3.63, 3.8) is 0 Å². The van der Waals surface area contributed by atoms with E-state index in [2.05, 4.69) is 51.2 Å². The SMILES string of the molecule is CCCNCc1cn(CCOC(C)(C)C)nc1C. The minimum atomic E-state index is -0.0757. The highest BCUT2D eigenvalue weighted by Crippen LogP contribution is 2.08. The molecular weight excluding hydrogens is 226 g/mol. The predicted molar refractivity (Wildman–Crippen MR) is 74.7 cm³/mol. The Bertz CT molecular complexity index is 352. The number of hydrogen-bond donors (Lipinski definition) is 1. The Balaban J connectivity index is 2.41. The monoisotopic (exact) mass is 253 g/mol. The number of aryl methyl sites for hydroxylation is 1. The first-order chi connectivity index (χ1) is 8.42. The summed E-state index contributed by atoms with van der Waals surface area (Å²) in [4.78, 5) is 0. The number of aromatic nitrogens is 2. The maximum atomic E-state index is 5.70. The van der Waals surface area contributed by atoms with Gasteiger partial charge in [-0.2, -0.15) is 5.10 Å². The van der Waals surface area contributed by atoms with Crippen LogP contribution >= 0.6 is 0 Å². The van der Waals surface area contributed by atoms with E-state index in [0.717, 1.165) is 31.7 Å². The fourth-order valence-electron chi connectivity index (χ4n) is 1.69. The van der Waals surface area contributed by atoms with E-state index < -0.39 is 0 Å². The molecule has 18 heavy (non-hydrogen) atoms. The van der Waals surface area contributed by atoms with Gasteiger partial charge >= 0.3 is 0 Å². The zero-order valence-electron chi connectivity index (χ0n) is 12.4. The van der Waals surface area contributed by atoms with E-state index in [4.69, 9.17) is 4.74 Å². The number of rotatable bonds is 7. The molecule has 0 saturated heterocycles. The normalized spacial score (nSPS) is 12.1. The highest BCUT2D eigenvalue weighted by Gasteiger charge is 2.10. The first-order valence-corrected chi connectivity index (χ1v) is 6.80. The molecule has 1 rings (SSSR count). The molecule has 1 heterocycles. The smallest absolute Gasteiger partial charge is 0.0669 e. The fraction of sp³-hybridized carbons (Fsp3) is 0.786. The predicted octanol–water partition coefficient (Wildman–Crippen LogP) is 2.51. The van der Waals surface area contributed by atoms with Crippen molar-refractivity contribution in [2.45, 2.75) is 59.7 Å². The molecule has 0 aliphatic carbocycles. The summed E-state index contributed by atoms with van der Waals surface area (Å²) < 4.78 is 7.68. The minimum Gasteiger partial charge on any atom is -0.374 e. The molecule has 4 heteroatoms. The van der Waals surface area contributed by atoms with E-state index in [1.165, 1.54) is 5.56 Å². The highest BCUT2D eigenvalue weighted by atomic mass is 16.5. The van der Waals surface area contributed by atoms with Crippen molar-refractivity contribution >= 4 is 0 Å². The van der Waals surface area contributed by atoms with E-state index in [1.807, 2.05) is 4.68 Å². The molecule has 1 N–H and O–H groups in total. The van der Waals surface area contributed by atoms with Gasteiger partial charge in [0, 0.05) is 18.3 Å². The Morgan fingerprint density at radius 2 is 2.11 bits per heavy atom. The van der Waals surface area contributed by atoms with Crippen LogP contribution in [-0.2, 0) is 17.8 Å². The van der Waals surface area contributed by atoms with Crippen molar-refractivity contribution in [3.8, 4) is 0 Å². The Labute approximate surface area is 111 Å². The average molecular weight is 253 g/mol. The number of ether oxygens (including phenoxy) is 1. The molecule has 0 saturated carbocycles. The van der Waals surface area contributed by atoms with Crippen LogP contribution < -0.4 is 5.32 Å². The van der Waals surface area contributed by atoms with Crippen LogP contribution in [0.4, 0.5) is 0 Å². The molecule has 0 atom stereocenters. The summed E-state index contributed by atoms with van der Waals surface area (Å²) in [5.74, 6) is 0. The van der Waals surface area contributed by atoms with Gasteiger partial charge in [0.2, 0.25) is 0 Å². The first-order valence-electron chi connectivity index (χ1n) is 6.80. The van der Waals surface area contributed by atoms with Crippen LogP contribution in [0.5, 0.6) is 0 Å². The van der Waals surface area contributed by atoms with Crippen molar-refractivity contribution in [2.75, 3.05) is 13.2 Å². The van der Waals surface area contributed by atoms with Crippen molar-refractivity contribution in [3.05, 3.63) is 17.5 Å².